The average Bonchev–Trinajstić information content (AvgIpc) is 2.34. The minimum atomic E-state index is -4.45. The highest BCUT2D eigenvalue weighted by Crippen LogP contribution is 2.22. The molecule has 6 nitrogen and oxygen atoms in total. The van der Waals surface area contributed by atoms with Crippen LogP contribution in [-0.4, -0.2) is 27.9 Å². The smallest absolute Gasteiger partial charge is 0.246 e. The minimum absolute atomic E-state index is 0.227. The number of carbonyl (C=O) groups is 1. The molecule has 0 aliphatic rings. The Morgan fingerprint density at radius 1 is 1.29 bits per heavy atom. The van der Waals surface area contributed by atoms with E-state index in [0.29, 0.717) is 12.1 Å². The van der Waals surface area contributed by atoms with Crippen molar-refractivity contribution in [2.24, 2.45) is 5.41 Å². The molecular weight excluding hydrogens is 304 g/mol. The van der Waals surface area contributed by atoms with Gasteiger partial charge < -0.3 is 11.1 Å². The first kappa shape index (κ1) is 17.3. The van der Waals surface area contributed by atoms with E-state index in [2.05, 4.69) is 5.32 Å². The number of hydrogen-bond acceptors (Lipinski definition) is 4. The largest absolute Gasteiger partial charge is 0.399 e. The van der Waals surface area contributed by atoms with Crippen LogP contribution >= 0.6 is 0 Å². The third-order valence-corrected chi connectivity index (χ3v) is 4.29. The first-order chi connectivity index (χ1) is 9.51. The normalized spacial score (nSPS) is 12.2. The van der Waals surface area contributed by atoms with Gasteiger partial charge in [-0.25, -0.2) is 21.9 Å². The van der Waals surface area contributed by atoms with Crippen LogP contribution in [0.4, 0.5) is 14.5 Å². The van der Waals surface area contributed by atoms with Crippen molar-refractivity contribution in [2.75, 3.05) is 19.3 Å². The molecule has 118 valence electrons. The number of benzene rings is 1. The molecule has 1 amide bonds. The molecule has 0 unspecified atom stereocenters. The molecule has 1 rings (SSSR count). The summed E-state index contributed by atoms with van der Waals surface area (Å²) in [5, 5.41) is 2.37. The molecule has 0 aromatic heterocycles. The Bertz CT molecular complexity index is 637. The summed E-state index contributed by atoms with van der Waals surface area (Å²) in [5.41, 5.74) is 3.92. The molecule has 0 bridgehead atoms. The highest BCUT2D eigenvalue weighted by molar-refractivity contribution is 7.89. The number of nitrogen functional groups attached to an aromatic ring is 1. The van der Waals surface area contributed by atoms with Gasteiger partial charge in [0.2, 0.25) is 15.9 Å². The van der Waals surface area contributed by atoms with Crippen LogP contribution in [0.2, 0.25) is 0 Å². The Morgan fingerprint density at radius 3 is 2.19 bits per heavy atom. The number of hydrogen-bond donors (Lipinski definition) is 3. The average molecular weight is 321 g/mol. The maximum absolute atomic E-state index is 13.6. The van der Waals surface area contributed by atoms with Gasteiger partial charge in [0, 0.05) is 19.3 Å². The van der Waals surface area contributed by atoms with Gasteiger partial charge in [0.25, 0.3) is 0 Å². The molecule has 0 saturated heterocycles. The predicted octanol–water partition coefficient (Wildman–Crippen LogP) is 0.597. The standard InChI is InChI=1S/C12H17F2N3O3S/c1-12(2,11(18)16-3)6-17-21(19,20)10-8(13)4-7(15)5-9(10)14/h4-5,17H,6,15H2,1-3H3,(H,16,18). The molecule has 0 saturated carbocycles. The van der Waals surface area contributed by atoms with E-state index in [9.17, 15) is 22.0 Å². The van der Waals surface area contributed by atoms with E-state index in [0.717, 1.165) is 0 Å². The molecule has 0 aliphatic carbocycles. The van der Waals surface area contributed by atoms with Crippen LogP contribution in [0, 0.1) is 17.0 Å². The number of amides is 1. The Hall–Kier alpha value is -1.74. The molecule has 9 heteroatoms. The molecule has 21 heavy (non-hydrogen) atoms. The van der Waals surface area contributed by atoms with Gasteiger partial charge in [0.15, 0.2) is 4.90 Å². The van der Waals surface area contributed by atoms with Gasteiger partial charge >= 0.3 is 0 Å². The van der Waals surface area contributed by atoms with Crippen molar-refractivity contribution in [3.05, 3.63) is 23.8 Å². The van der Waals surface area contributed by atoms with Crippen molar-refractivity contribution in [3.63, 3.8) is 0 Å². The summed E-state index contributed by atoms with van der Waals surface area (Å²) in [7, 11) is -3.05. The minimum Gasteiger partial charge on any atom is -0.399 e. The highest BCUT2D eigenvalue weighted by Gasteiger charge is 2.31. The summed E-state index contributed by atoms with van der Waals surface area (Å²) >= 11 is 0. The lowest BCUT2D eigenvalue weighted by molar-refractivity contribution is -0.128. The van der Waals surface area contributed by atoms with Crippen LogP contribution in [0.15, 0.2) is 17.0 Å². The Labute approximate surface area is 121 Å². The molecule has 1 aromatic carbocycles. The van der Waals surface area contributed by atoms with Gasteiger partial charge in [-0.3, -0.25) is 4.79 Å². The van der Waals surface area contributed by atoms with E-state index in [1.165, 1.54) is 20.9 Å². The van der Waals surface area contributed by atoms with E-state index >= 15 is 0 Å². The Balaban J connectivity index is 3.07. The van der Waals surface area contributed by atoms with E-state index in [1.54, 1.807) is 0 Å². The highest BCUT2D eigenvalue weighted by atomic mass is 32.2. The zero-order valence-electron chi connectivity index (χ0n) is 11.8. The SMILES string of the molecule is CNC(=O)C(C)(C)CNS(=O)(=O)c1c(F)cc(N)cc1F. The van der Waals surface area contributed by atoms with E-state index < -0.39 is 37.9 Å². The van der Waals surface area contributed by atoms with Crippen LogP contribution < -0.4 is 15.8 Å². The molecular formula is C12H17F2N3O3S. The van der Waals surface area contributed by atoms with Crippen molar-refractivity contribution in [1.29, 1.82) is 0 Å². The number of rotatable bonds is 5. The van der Waals surface area contributed by atoms with Gasteiger partial charge in [-0.1, -0.05) is 0 Å². The van der Waals surface area contributed by atoms with Gasteiger partial charge in [-0.2, -0.15) is 0 Å². The maximum atomic E-state index is 13.6. The lowest BCUT2D eigenvalue weighted by atomic mass is 9.93. The van der Waals surface area contributed by atoms with Crippen LogP contribution in [0.5, 0.6) is 0 Å². The van der Waals surface area contributed by atoms with Crippen LogP contribution in [-0.2, 0) is 14.8 Å². The van der Waals surface area contributed by atoms with E-state index in [1.807, 2.05) is 4.72 Å². The zero-order valence-corrected chi connectivity index (χ0v) is 12.6. The van der Waals surface area contributed by atoms with Gasteiger partial charge in [-0.15, -0.1) is 0 Å². The number of nitrogens with one attached hydrogen (secondary N) is 2. The van der Waals surface area contributed by atoms with Crippen molar-refractivity contribution < 1.29 is 22.0 Å². The molecule has 4 N–H and O–H groups in total. The van der Waals surface area contributed by atoms with Crippen LogP contribution in [0.25, 0.3) is 0 Å². The van der Waals surface area contributed by atoms with Gasteiger partial charge in [-0.05, 0) is 26.0 Å². The lowest BCUT2D eigenvalue weighted by Crippen LogP contribution is -2.43. The molecule has 0 atom stereocenters. The topological polar surface area (TPSA) is 101 Å². The molecule has 0 aliphatic heterocycles. The monoisotopic (exact) mass is 321 g/mol. The summed E-state index contributed by atoms with van der Waals surface area (Å²) in [6.07, 6.45) is 0. The quantitative estimate of drug-likeness (QED) is 0.691. The number of nitrogens with two attached hydrogens (primary N) is 1. The van der Waals surface area contributed by atoms with E-state index in [4.69, 9.17) is 5.73 Å². The second kappa shape index (κ2) is 5.94. The molecule has 0 fully saturated rings. The molecule has 0 heterocycles. The second-order valence-electron chi connectivity index (χ2n) is 5.10. The fourth-order valence-corrected chi connectivity index (χ4v) is 2.93. The fraction of sp³-hybridized carbons (Fsp3) is 0.417. The Kier molecular flexibility index (Phi) is 4.90. The second-order valence-corrected chi connectivity index (χ2v) is 6.81. The number of anilines is 1. The number of halogens is 2. The first-order valence-electron chi connectivity index (χ1n) is 5.97. The lowest BCUT2D eigenvalue weighted by Gasteiger charge is -2.22. The first-order valence-corrected chi connectivity index (χ1v) is 7.46. The summed E-state index contributed by atoms with van der Waals surface area (Å²) in [6, 6.07) is 1.42. The number of sulfonamides is 1. The van der Waals surface area contributed by atoms with Gasteiger partial charge in [0.05, 0.1) is 5.41 Å². The number of carbonyl (C=O) groups excluding carboxylic acids is 1. The van der Waals surface area contributed by atoms with Crippen molar-refractivity contribution >= 4 is 21.6 Å². The van der Waals surface area contributed by atoms with Gasteiger partial charge in [0.1, 0.15) is 11.6 Å². The fourth-order valence-electron chi connectivity index (χ4n) is 1.60. The van der Waals surface area contributed by atoms with Crippen molar-refractivity contribution in [3.8, 4) is 0 Å². The molecule has 0 spiro atoms. The summed E-state index contributed by atoms with van der Waals surface area (Å²) in [4.78, 5) is 10.4. The van der Waals surface area contributed by atoms with E-state index in [-0.39, 0.29) is 12.2 Å². The van der Waals surface area contributed by atoms with Crippen LogP contribution in [0.3, 0.4) is 0 Å². The molecule has 1 aromatic rings. The van der Waals surface area contributed by atoms with Crippen LogP contribution in [0.1, 0.15) is 13.8 Å². The zero-order chi connectivity index (χ0) is 16.4. The molecule has 0 radical (unpaired) electrons. The maximum Gasteiger partial charge on any atom is 0.246 e. The summed E-state index contributed by atoms with van der Waals surface area (Å²) in [5.74, 6) is -3.00. The van der Waals surface area contributed by atoms with Crippen molar-refractivity contribution in [1.82, 2.24) is 10.0 Å². The third kappa shape index (κ3) is 3.88. The Morgan fingerprint density at radius 2 is 1.76 bits per heavy atom. The summed E-state index contributed by atoms with van der Waals surface area (Å²) in [6.45, 7) is 2.66. The predicted molar refractivity (Wildman–Crippen MR) is 73.8 cm³/mol. The van der Waals surface area contributed by atoms with Crippen molar-refractivity contribution in [2.45, 2.75) is 18.7 Å². The summed E-state index contributed by atoms with van der Waals surface area (Å²) < 4.78 is 53.2. The third-order valence-electron chi connectivity index (χ3n) is 2.84.